The van der Waals surface area contributed by atoms with E-state index in [9.17, 15) is 4.79 Å². The number of guanidine groups is 1. The number of fused-ring (bicyclic) bond motifs is 1. The van der Waals surface area contributed by atoms with Gasteiger partial charge in [-0.05, 0) is 48.7 Å². The van der Waals surface area contributed by atoms with Crippen molar-refractivity contribution in [3.63, 3.8) is 0 Å². The molecule has 0 saturated carbocycles. The summed E-state index contributed by atoms with van der Waals surface area (Å²) in [4.78, 5) is 16.5. The molecule has 2 aromatic carbocycles. The first kappa shape index (κ1) is 22.7. The van der Waals surface area contributed by atoms with E-state index >= 15 is 0 Å². The third-order valence-corrected chi connectivity index (χ3v) is 5.03. The summed E-state index contributed by atoms with van der Waals surface area (Å²) >= 11 is 6.38. The van der Waals surface area contributed by atoms with Crippen molar-refractivity contribution < 1.29 is 14.3 Å². The fourth-order valence-electron chi connectivity index (χ4n) is 3.23. The molecular weight excluding hydrogens is 416 g/mol. The molecule has 0 radical (unpaired) electrons. The van der Waals surface area contributed by atoms with Crippen molar-refractivity contribution in [3.8, 4) is 11.5 Å². The number of halogens is 1. The maximum absolute atomic E-state index is 11.8. The number of nitrogens with zero attached hydrogens (tertiary/aromatic N) is 1. The first-order chi connectivity index (χ1) is 15.1. The van der Waals surface area contributed by atoms with Gasteiger partial charge in [-0.25, -0.2) is 4.99 Å². The molecule has 0 spiro atoms. The van der Waals surface area contributed by atoms with Crippen molar-refractivity contribution in [3.05, 3.63) is 58.1 Å². The van der Waals surface area contributed by atoms with Crippen LogP contribution in [0.2, 0.25) is 5.02 Å². The number of rotatable bonds is 7. The summed E-state index contributed by atoms with van der Waals surface area (Å²) in [6.07, 6.45) is 1.60. The Labute approximate surface area is 188 Å². The van der Waals surface area contributed by atoms with E-state index in [0.717, 1.165) is 30.5 Å². The number of hydrogen-bond acceptors (Lipinski definition) is 4. The number of amides is 1. The van der Waals surface area contributed by atoms with Crippen LogP contribution >= 0.6 is 11.6 Å². The Kier molecular flexibility index (Phi) is 8.41. The van der Waals surface area contributed by atoms with Crippen molar-refractivity contribution in [2.24, 2.45) is 4.99 Å². The molecule has 1 amide bonds. The standard InChI is InChI=1S/C23H29ClN4O3/c1-3-26-23(27-9-8-16-6-4-7-18(12-16)22(29)25-2)28-15-17-13-19(24)21-20(14-17)30-10-5-11-31-21/h4,6-7,12-14H,3,5,8-11,15H2,1-2H3,(H,25,29)(H2,26,27,28). The number of aliphatic imine (C=N–C) groups is 1. The lowest BCUT2D eigenvalue weighted by atomic mass is 10.1. The van der Waals surface area contributed by atoms with Gasteiger partial charge in [0.05, 0.1) is 24.8 Å². The third-order valence-electron chi connectivity index (χ3n) is 4.75. The molecular formula is C23H29ClN4O3. The van der Waals surface area contributed by atoms with Gasteiger partial charge in [0.1, 0.15) is 0 Å². The Hall–Kier alpha value is -2.93. The lowest BCUT2D eigenvalue weighted by molar-refractivity contribution is 0.0963. The molecule has 0 aliphatic carbocycles. The Bertz CT molecular complexity index is 933. The molecule has 1 aliphatic rings. The summed E-state index contributed by atoms with van der Waals surface area (Å²) in [5.74, 6) is 1.91. The van der Waals surface area contributed by atoms with Crippen LogP contribution in [0.4, 0.5) is 0 Å². The molecule has 0 aromatic heterocycles. The number of ether oxygens (including phenoxy) is 2. The van der Waals surface area contributed by atoms with Crippen LogP contribution in [0.3, 0.4) is 0 Å². The number of benzene rings is 2. The van der Waals surface area contributed by atoms with Crippen LogP contribution in [0.1, 0.15) is 34.8 Å². The normalized spacial score (nSPS) is 13.3. The van der Waals surface area contributed by atoms with Crippen molar-refractivity contribution >= 4 is 23.5 Å². The molecule has 166 valence electrons. The first-order valence-corrected chi connectivity index (χ1v) is 10.9. The molecule has 31 heavy (non-hydrogen) atoms. The topological polar surface area (TPSA) is 84.0 Å². The van der Waals surface area contributed by atoms with Crippen LogP contribution in [-0.2, 0) is 13.0 Å². The van der Waals surface area contributed by atoms with Gasteiger partial charge in [-0.1, -0.05) is 23.7 Å². The predicted molar refractivity (Wildman–Crippen MR) is 123 cm³/mol. The summed E-state index contributed by atoms with van der Waals surface area (Å²) in [6, 6.07) is 11.4. The average molecular weight is 445 g/mol. The molecule has 7 nitrogen and oxygen atoms in total. The average Bonchev–Trinajstić information content (AvgIpc) is 3.03. The van der Waals surface area contributed by atoms with Crippen molar-refractivity contribution in [1.29, 1.82) is 0 Å². The second-order valence-corrected chi connectivity index (χ2v) is 7.51. The van der Waals surface area contributed by atoms with E-state index in [4.69, 9.17) is 21.1 Å². The van der Waals surface area contributed by atoms with Crippen LogP contribution in [-0.4, -0.2) is 45.2 Å². The fourth-order valence-corrected chi connectivity index (χ4v) is 3.51. The van der Waals surface area contributed by atoms with Gasteiger partial charge >= 0.3 is 0 Å². The molecule has 0 unspecified atom stereocenters. The summed E-state index contributed by atoms with van der Waals surface area (Å²) in [7, 11) is 1.63. The minimum absolute atomic E-state index is 0.0847. The van der Waals surface area contributed by atoms with E-state index in [2.05, 4.69) is 20.9 Å². The maximum Gasteiger partial charge on any atom is 0.251 e. The zero-order valence-corrected chi connectivity index (χ0v) is 18.7. The molecule has 0 bridgehead atoms. The van der Waals surface area contributed by atoms with Crippen LogP contribution < -0.4 is 25.4 Å². The predicted octanol–water partition coefficient (Wildman–Crippen LogP) is 3.16. The van der Waals surface area contributed by atoms with Gasteiger partial charge < -0.3 is 25.4 Å². The van der Waals surface area contributed by atoms with Gasteiger partial charge in [0.15, 0.2) is 17.5 Å². The highest BCUT2D eigenvalue weighted by Crippen LogP contribution is 2.38. The Morgan fingerprint density at radius 3 is 2.77 bits per heavy atom. The van der Waals surface area contributed by atoms with Crippen molar-refractivity contribution in [2.75, 3.05) is 33.4 Å². The number of carbonyl (C=O) groups is 1. The van der Waals surface area contributed by atoms with Crippen LogP contribution in [0.15, 0.2) is 41.4 Å². The smallest absolute Gasteiger partial charge is 0.251 e. The summed E-state index contributed by atoms with van der Waals surface area (Å²) < 4.78 is 11.4. The highest BCUT2D eigenvalue weighted by atomic mass is 35.5. The van der Waals surface area contributed by atoms with E-state index in [1.165, 1.54) is 0 Å². The molecule has 0 fully saturated rings. The molecule has 8 heteroatoms. The summed E-state index contributed by atoms with van der Waals surface area (Å²) in [5, 5.41) is 9.78. The minimum atomic E-state index is -0.0847. The Morgan fingerprint density at radius 1 is 1.13 bits per heavy atom. The monoisotopic (exact) mass is 444 g/mol. The summed E-state index contributed by atoms with van der Waals surface area (Å²) in [5.41, 5.74) is 2.69. The molecule has 0 atom stereocenters. The van der Waals surface area contributed by atoms with Gasteiger partial charge in [-0.2, -0.15) is 0 Å². The third kappa shape index (κ3) is 6.52. The SMILES string of the molecule is CCNC(=NCc1cc(Cl)c2c(c1)OCCCO2)NCCc1cccc(C(=O)NC)c1. The van der Waals surface area contributed by atoms with Gasteiger partial charge in [0, 0.05) is 32.1 Å². The molecule has 2 aromatic rings. The van der Waals surface area contributed by atoms with Crippen LogP contribution in [0.5, 0.6) is 11.5 Å². The molecule has 3 rings (SSSR count). The minimum Gasteiger partial charge on any atom is -0.489 e. The van der Waals surface area contributed by atoms with Gasteiger partial charge in [-0.3, -0.25) is 4.79 Å². The van der Waals surface area contributed by atoms with Crippen LogP contribution in [0, 0.1) is 0 Å². The van der Waals surface area contributed by atoms with Gasteiger partial charge in [-0.15, -0.1) is 0 Å². The van der Waals surface area contributed by atoms with E-state index in [0.29, 0.717) is 54.3 Å². The van der Waals surface area contributed by atoms with Gasteiger partial charge in [0.25, 0.3) is 5.91 Å². The maximum atomic E-state index is 11.8. The fraction of sp³-hybridized carbons (Fsp3) is 0.391. The second kappa shape index (κ2) is 11.5. The van der Waals surface area contributed by atoms with Crippen molar-refractivity contribution in [2.45, 2.75) is 26.3 Å². The molecule has 3 N–H and O–H groups in total. The zero-order valence-electron chi connectivity index (χ0n) is 18.0. The quantitative estimate of drug-likeness (QED) is 0.451. The lowest BCUT2D eigenvalue weighted by Crippen LogP contribution is -2.38. The van der Waals surface area contributed by atoms with E-state index in [-0.39, 0.29) is 5.91 Å². The Balaban J connectivity index is 1.61. The van der Waals surface area contributed by atoms with Crippen molar-refractivity contribution in [1.82, 2.24) is 16.0 Å². The molecule has 1 aliphatic heterocycles. The number of nitrogens with one attached hydrogen (secondary N) is 3. The first-order valence-electron chi connectivity index (χ1n) is 10.5. The highest BCUT2D eigenvalue weighted by molar-refractivity contribution is 6.32. The number of carbonyl (C=O) groups excluding carboxylic acids is 1. The Morgan fingerprint density at radius 2 is 1.97 bits per heavy atom. The van der Waals surface area contributed by atoms with E-state index < -0.39 is 0 Å². The zero-order chi connectivity index (χ0) is 22.1. The lowest BCUT2D eigenvalue weighted by Gasteiger charge is -2.13. The second-order valence-electron chi connectivity index (χ2n) is 7.11. The molecule has 1 heterocycles. The van der Waals surface area contributed by atoms with E-state index in [1.807, 2.05) is 43.3 Å². The molecule has 0 saturated heterocycles. The van der Waals surface area contributed by atoms with Gasteiger partial charge in [0.2, 0.25) is 0 Å². The largest absolute Gasteiger partial charge is 0.489 e. The summed E-state index contributed by atoms with van der Waals surface area (Å²) in [6.45, 7) is 5.13. The van der Waals surface area contributed by atoms with E-state index in [1.54, 1.807) is 7.05 Å². The number of hydrogen-bond donors (Lipinski definition) is 3. The van der Waals surface area contributed by atoms with Crippen LogP contribution in [0.25, 0.3) is 0 Å². The highest BCUT2D eigenvalue weighted by Gasteiger charge is 2.15.